The van der Waals surface area contributed by atoms with Crippen LogP contribution in [0, 0.1) is 5.82 Å². The first-order chi connectivity index (χ1) is 8.18. The molecular weight excluding hydrogens is 237 g/mol. The summed E-state index contributed by atoms with van der Waals surface area (Å²) in [6, 6.07) is 9.84. The molecule has 0 radical (unpaired) electrons. The lowest BCUT2D eigenvalue weighted by atomic mass is 10.2. The Morgan fingerprint density at radius 3 is 2.59 bits per heavy atom. The Labute approximate surface area is 103 Å². The molecule has 0 aliphatic rings. The number of nitrogens with zero attached hydrogens (tertiary/aromatic N) is 1. The second-order valence-corrected chi connectivity index (χ2v) is 3.81. The topological polar surface area (TPSA) is 50.9 Å². The minimum Gasteiger partial charge on any atom is -0.388 e. The normalized spacial score (nSPS) is 9.94. The van der Waals surface area contributed by atoms with Crippen molar-refractivity contribution in [3.05, 3.63) is 54.1 Å². The molecule has 0 saturated carbocycles. The fourth-order valence-corrected chi connectivity index (χ4v) is 1.57. The average molecular weight is 247 g/mol. The van der Waals surface area contributed by atoms with Crippen molar-refractivity contribution in [1.82, 2.24) is 4.98 Å². The SMILES string of the molecule is NC(=S)c1ncccc1Nc1ccccc1F. The first kappa shape index (κ1) is 11.5. The largest absolute Gasteiger partial charge is 0.388 e. The van der Waals surface area contributed by atoms with Gasteiger partial charge >= 0.3 is 0 Å². The van der Waals surface area contributed by atoms with Crippen LogP contribution in [0.3, 0.4) is 0 Å². The molecule has 0 unspecified atom stereocenters. The maximum absolute atomic E-state index is 13.5. The third kappa shape index (κ3) is 2.57. The van der Waals surface area contributed by atoms with Gasteiger partial charge in [0.05, 0.1) is 11.4 Å². The van der Waals surface area contributed by atoms with E-state index in [0.717, 1.165) is 0 Å². The fourth-order valence-electron chi connectivity index (χ4n) is 1.41. The van der Waals surface area contributed by atoms with Gasteiger partial charge in [-0.3, -0.25) is 4.98 Å². The molecule has 0 fully saturated rings. The molecule has 17 heavy (non-hydrogen) atoms. The zero-order chi connectivity index (χ0) is 12.3. The van der Waals surface area contributed by atoms with Gasteiger partial charge in [0.2, 0.25) is 0 Å². The minimum atomic E-state index is -0.342. The van der Waals surface area contributed by atoms with Gasteiger partial charge in [0, 0.05) is 6.20 Å². The van der Waals surface area contributed by atoms with Crippen LogP contribution >= 0.6 is 12.2 Å². The molecule has 2 rings (SSSR count). The zero-order valence-electron chi connectivity index (χ0n) is 8.85. The van der Waals surface area contributed by atoms with E-state index in [2.05, 4.69) is 10.3 Å². The highest BCUT2D eigenvalue weighted by Crippen LogP contribution is 2.21. The quantitative estimate of drug-likeness (QED) is 0.819. The Balaban J connectivity index is 2.37. The molecule has 0 bridgehead atoms. The number of aromatic nitrogens is 1. The molecule has 0 spiro atoms. The fraction of sp³-hybridized carbons (Fsp3) is 0. The predicted octanol–water partition coefficient (Wildman–Crippen LogP) is 2.60. The first-order valence-electron chi connectivity index (χ1n) is 4.95. The molecule has 3 nitrogen and oxygen atoms in total. The van der Waals surface area contributed by atoms with Crippen LogP contribution in [-0.4, -0.2) is 9.97 Å². The molecule has 1 aromatic heterocycles. The summed E-state index contributed by atoms with van der Waals surface area (Å²) >= 11 is 4.88. The molecule has 0 aliphatic heterocycles. The van der Waals surface area contributed by atoms with Gasteiger partial charge in [-0.15, -0.1) is 0 Å². The lowest BCUT2D eigenvalue weighted by Gasteiger charge is -2.10. The average Bonchev–Trinajstić information content (AvgIpc) is 2.32. The number of halogens is 1. The molecule has 1 aromatic carbocycles. The van der Waals surface area contributed by atoms with Crippen molar-refractivity contribution in [3.63, 3.8) is 0 Å². The van der Waals surface area contributed by atoms with Crippen molar-refractivity contribution in [1.29, 1.82) is 0 Å². The number of thiocarbonyl (C=S) groups is 1. The number of nitrogens with two attached hydrogens (primary N) is 1. The van der Waals surface area contributed by atoms with Crippen molar-refractivity contribution in [2.75, 3.05) is 5.32 Å². The van der Waals surface area contributed by atoms with Gasteiger partial charge in [-0.1, -0.05) is 24.4 Å². The van der Waals surface area contributed by atoms with E-state index in [4.69, 9.17) is 18.0 Å². The molecular formula is C12H10FN3S. The summed E-state index contributed by atoms with van der Waals surface area (Å²) in [6.07, 6.45) is 1.58. The van der Waals surface area contributed by atoms with E-state index in [1.807, 2.05) is 0 Å². The monoisotopic (exact) mass is 247 g/mol. The van der Waals surface area contributed by atoms with Crippen LogP contribution in [0.25, 0.3) is 0 Å². The van der Waals surface area contributed by atoms with Crippen LogP contribution in [-0.2, 0) is 0 Å². The number of nitrogens with one attached hydrogen (secondary N) is 1. The highest BCUT2D eigenvalue weighted by Gasteiger charge is 2.07. The number of benzene rings is 1. The van der Waals surface area contributed by atoms with Gasteiger partial charge in [-0.2, -0.15) is 0 Å². The van der Waals surface area contributed by atoms with Gasteiger partial charge in [0.25, 0.3) is 0 Å². The summed E-state index contributed by atoms with van der Waals surface area (Å²) in [5.41, 5.74) is 6.94. The van der Waals surface area contributed by atoms with E-state index in [-0.39, 0.29) is 10.8 Å². The van der Waals surface area contributed by atoms with Crippen LogP contribution in [0.1, 0.15) is 5.69 Å². The second-order valence-electron chi connectivity index (χ2n) is 3.37. The zero-order valence-corrected chi connectivity index (χ0v) is 9.67. The van der Waals surface area contributed by atoms with Crippen molar-refractivity contribution in [2.45, 2.75) is 0 Å². The van der Waals surface area contributed by atoms with Crippen molar-refractivity contribution < 1.29 is 4.39 Å². The number of pyridine rings is 1. The third-order valence-corrected chi connectivity index (χ3v) is 2.38. The van der Waals surface area contributed by atoms with Crippen LogP contribution in [0.5, 0.6) is 0 Å². The summed E-state index contributed by atoms with van der Waals surface area (Å²) in [6.45, 7) is 0. The Morgan fingerprint density at radius 1 is 1.18 bits per heavy atom. The van der Waals surface area contributed by atoms with E-state index >= 15 is 0 Å². The van der Waals surface area contributed by atoms with Crippen molar-refractivity contribution in [3.8, 4) is 0 Å². The summed E-state index contributed by atoms with van der Waals surface area (Å²) in [5, 5.41) is 2.92. The standard InChI is InChI=1S/C12H10FN3S/c13-8-4-1-2-5-9(8)16-10-6-3-7-15-11(10)12(14)17/h1-7,16H,(H2,14,17). The van der Waals surface area contributed by atoms with E-state index in [1.54, 1.807) is 36.5 Å². The van der Waals surface area contributed by atoms with E-state index in [0.29, 0.717) is 17.1 Å². The van der Waals surface area contributed by atoms with Gasteiger partial charge in [-0.05, 0) is 24.3 Å². The second kappa shape index (κ2) is 4.88. The van der Waals surface area contributed by atoms with Crippen LogP contribution in [0.4, 0.5) is 15.8 Å². The Kier molecular flexibility index (Phi) is 3.30. The lowest BCUT2D eigenvalue weighted by molar-refractivity contribution is 0.632. The van der Waals surface area contributed by atoms with E-state index in [9.17, 15) is 4.39 Å². The highest BCUT2D eigenvalue weighted by molar-refractivity contribution is 7.80. The van der Waals surface area contributed by atoms with Gasteiger partial charge < -0.3 is 11.1 Å². The van der Waals surface area contributed by atoms with Gasteiger partial charge in [0.15, 0.2) is 0 Å². The number of para-hydroxylation sites is 1. The molecule has 0 saturated heterocycles. The van der Waals surface area contributed by atoms with Crippen LogP contribution < -0.4 is 11.1 Å². The maximum Gasteiger partial charge on any atom is 0.146 e. The summed E-state index contributed by atoms with van der Waals surface area (Å²) in [7, 11) is 0. The minimum absolute atomic E-state index is 0.171. The molecule has 0 amide bonds. The maximum atomic E-state index is 13.5. The number of hydrogen-bond acceptors (Lipinski definition) is 3. The van der Waals surface area contributed by atoms with Crippen molar-refractivity contribution in [2.24, 2.45) is 5.73 Å². The van der Waals surface area contributed by atoms with Crippen LogP contribution in [0.2, 0.25) is 0 Å². The summed E-state index contributed by atoms with van der Waals surface area (Å²) in [4.78, 5) is 4.22. The first-order valence-corrected chi connectivity index (χ1v) is 5.35. The smallest absolute Gasteiger partial charge is 0.146 e. The highest BCUT2D eigenvalue weighted by atomic mass is 32.1. The van der Waals surface area contributed by atoms with Gasteiger partial charge in [-0.25, -0.2) is 4.39 Å². The van der Waals surface area contributed by atoms with Crippen LogP contribution in [0.15, 0.2) is 42.6 Å². The molecule has 2 aromatic rings. The number of hydrogen-bond donors (Lipinski definition) is 2. The lowest BCUT2D eigenvalue weighted by Crippen LogP contribution is -2.14. The molecule has 86 valence electrons. The molecule has 1 heterocycles. The molecule has 3 N–H and O–H groups in total. The Hall–Kier alpha value is -2.01. The third-order valence-electron chi connectivity index (χ3n) is 2.18. The molecule has 5 heteroatoms. The van der Waals surface area contributed by atoms with E-state index < -0.39 is 0 Å². The molecule has 0 aliphatic carbocycles. The van der Waals surface area contributed by atoms with Crippen molar-refractivity contribution >= 4 is 28.6 Å². The summed E-state index contributed by atoms with van der Waals surface area (Å²) < 4.78 is 13.5. The summed E-state index contributed by atoms with van der Waals surface area (Å²) in [5.74, 6) is -0.342. The predicted molar refractivity (Wildman–Crippen MR) is 69.8 cm³/mol. The molecule has 0 atom stereocenters. The number of rotatable bonds is 3. The number of anilines is 2. The Morgan fingerprint density at radius 2 is 1.88 bits per heavy atom. The van der Waals surface area contributed by atoms with Gasteiger partial charge in [0.1, 0.15) is 16.5 Å². The van der Waals surface area contributed by atoms with E-state index in [1.165, 1.54) is 6.07 Å². The Bertz CT molecular complexity index is 557.